The zero-order valence-corrected chi connectivity index (χ0v) is 7.52. The van der Waals surface area contributed by atoms with Crippen LogP contribution in [0.4, 0.5) is 0 Å². The summed E-state index contributed by atoms with van der Waals surface area (Å²) in [6.45, 7) is 10.1. The lowest BCUT2D eigenvalue weighted by atomic mass is 9.88. The van der Waals surface area contributed by atoms with E-state index in [1.807, 2.05) is 0 Å². The summed E-state index contributed by atoms with van der Waals surface area (Å²) < 4.78 is 0. The zero-order valence-electron chi connectivity index (χ0n) is 7.52. The fourth-order valence-electron chi connectivity index (χ4n) is 0.530. The van der Waals surface area contributed by atoms with E-state index in [0.717, 1.165) is 0 Å². The molecular formula is C8H18NO+. The van der Waals surface area contributed by atoms with E-state index in [0.29, 0.717) is 11.9 Å². The van der Waals surface area contributed by atoms with Gasteiger partial charge in [0.05, 0.1) is 6.92 Å². The standard InChI is InChI=1S/C8H17NO/c1-6(8(3,4)5)9-7(2)10/h6H,1-5H3,(H,9,10)/p+1/t6-/m1/s1. The molecule has 0 spiro atoms. The lowest BCUT2D eigenvalue weighted by Crippen LogP contribution is -2.81. The molecule has 2 N–H and O–H groups in total. The molecule has 0 unspecified atom stereocenters. The molecule has 0 saturated carbocycles. The predicted molar refractivity (Wildman–Crippen MR) is 43.2 cm³/mol. The molecule has 10 heavy (non-hydrogen) atoms. The molecule has 0 amide bonds. The highest BCUT2D eigenvalue weighted by Crippen LogP contribution is 2.14. The minimum absolute atomic E-state index is 0.198. The first-order valence-corrected chi connectivity index (χ1v) is 3.63. The van der Waals surface area contributed by atoms with Crippen LogP contribution in [0.15, 0.2) is 0 Å². The first-order valence-electron chi connectivity index (χ1n) is 3.63. The molecule has 0 radical (unpaired) electrons. The maximum absolute atomic E-state index is 8.89. The van der Waals surface area contributed by atoms with Crippen LogP contribution in [0.3, 0.4) is 0 Å². The Bertz CT molecular complexity index is 129. The smallest absolute Gasteiger partial charge is 0.329 e. The van der Waals surface area contributed by atoms with Gasteiger partial charge in [-0.25, -0.2) is 4.99 Å². The highest BCUT2D eigenvalue weighted by atomic mass is 16.3. The van der Waals surface area contributed by atoms with Gasteiger partial charge in [-0.2, -0.15) is 0 Å². The molecule has 0 aromatic rings. The average Bonchev–Trinajstić information content (AvgIpc) is 1.60. The van der Waals surface area contributed by atoms with Gasteiger partial charge in [0.25, 0.3) is 0 Å². The van der Waals surface area contributed by atoms with Gasteiger partial charge < -0.3 is 5.11 Å². The maximum atomic E-state index is 8.89. The number of rotatable bonds is 1. The van der Waals surface area contributed by atoms with E-state index in [1.54, 1.807) is 6.92 Å². The van der Waals surface area contributed by atoms with Crippen molar-refractivity contribution in [1.29, 1.82) is 0 Å². The fraction of sp³-hybridized carbons (Fsp3) is 0.875. The van der Waals surface area contributed by atoms with Crippen molar-refractivity contribution in [3.63, 3.8) is 0 Å². The van der Waals surface area contributed by atoms with E-state index in [-0.39, 0.29) is 5.41 Å². The number of nitrogens with one attached hydrogen (secondary N) is 1. The summed E-state index contributed by atoms with van der Waals surface area (Å²) in [5, 5.41) is 8.89. The second-order valence-corrected chi connectivity index (χ2v) is 3.82. The quantitative estimate of drug-likeness (QED) is 0.407. The highest BCUT2D eigenvalue weighted by molar-refractivity contribution is 5.63. The summed E-state index contributed by atoms with van der Waals surface area (Å²) in [5.74, 6) is 0.294. The largest absolute Gasteiger partial charge is 0.464 e. The molecule has 2 nitrogen and oxygen atoms in total. The van der Waals surface area contributed by atoms with Crippen LogP contribution in [-0.2, 0) is 0 Å². The SMILES string of the molecule is CC(O)=[NH+][C@H](C)C(C)(C)C. The van der Waals surface area contributed by atoms with Crippen molar-refractivity contribution in [2.45, 2.75) is 40.7 Å². The van der Waals surface area contributed by atoms with Crippen molar-refractivity contribution in [3.05, 3.63) is 0 Å². The topological polar surface area (TPSA) is 34.2 Å². The van der Waals surface area contributed by atoms with Crippen LogP contribution < -0.4 is 4.99 Å². The Morgan fingerprint density at radius 1 is 1.40 bits per heavy atom. The molecule has 0 aliphatic carbocycles. The number of aliphatic hydroxyl groups is 1. The Balaban J connectivity index is 4.11. The van der Waals surface area contributed by atoms with Crippen molar-refractivity contribution in [2.24, 2.45) is 5.41 Å². The number of hydrogen-bond acceptors (Lipinski definition) is 0. The lowest BCUT2D eigenvalue weighted by molar-refractivity contribution is -0.525. The van der Waals surface area contributed by atoms with Crippen LogP contribution in [0.25, 0.3) is 0 Å². The van der Waals surface area contributed by atoms with Crippen LogP contribution in [0.5, 0.6) is 0 Å². The summed E-state index contributed by atoms with van der Waals surface area (Å²) in [7, 11) is 0. The third-order valence-electron chi connectivity index (χ3n) is 1.72. The van der Waals surface area contributed by atoms with E-state index >= 15 is 0 Å². The molecule has 60 valence electrons. The van der Waals surface area contributed by atoms with E-state index < -0.39 is 0 Å². The Morgan fingerprint density at radius 2 is 1.80 bits per heavy atom. The van der Waals surface area contributed by atoms with Crippen molar-refractivity contribution < 1.29 is 10.1 Å². The molecule has 0 bridgehead atoms. The minimum atomic E-state index is 0.198. The van der Waals surface area contributed by atoms with Gasteiger partial charge in [-0.3, -0.25) is 0 Å². The maximum Gasteiger partial charge on any atom is 0.329 e. The van der Waals surface area contributed by atoms with Gasteiger partial charge in [-0.1, -0.05) is 20.8 Å². The summed E-state index contributed by atoms with van der Waals surface area (Å²) in [6.07, 6.45) is 0. The summed E-state index contributed by atoms with van der Waals surface area (Å²) in [5.41, 5.74) is 0.198. The van der Waals surface area contributed by atoms with E-state index in [4.69, 9.17) is 5.11 Å². The molecule has 0 aliphatic heterocycles. The fourth-order valence-corrected chi connectivity index (χ4v) is 0.530. The Hall–Kier alpha value is -0.530. The molecule has 0 heterocycles. The predicted octanol–water partition coefficient (Wildman–Crippen LogP) is 0.478. The summed E-state index contributed by atoms with van der Waals surface area (Å²) in [4.78, 5) is 2.95. The first-order chi connectivity index (χ1) is 4.34. The van der Waals surface area contributed by atoms with Crippen LogP contribution in [0, 0.1) is 5.41 Å². The van der Waals surface area contributed by atoms with Crippen molar-refractivity contribution >= 4 is 5.90 Å². The molecule has 0 aromatic heterocycles. The van der Waals surface area contributed by atoms with Gasteiger partial charge in [-0.05, 0) is 6.92 Å². The molecule has 2 heteroatoms. The molecule has 0 saturated heterocycles. The molecule has 1 atom stereocenters. The second kappa shape index (κ2) is 3.04. The van der Waals surface area contributed by atoms with Crippen molar-refractivity contribution in [1.82, 2.24) is 0 Å². The molecule has 0 fully saturated rings. The summed E-state index contributed by atoms with van der Waals surface area (Å²) >= 11 is 0. The van der Waals surface area contributed by atoms with Crippen molar-refractivity contribution in [2.75, 3.05) is 0 Å². The van der Waals surface area contributed by atoms with Gasteiger partial charge in [-0.15, -0.1) is 0 Å². The summed E-state index contributed by atoms with van der Waals surface area (Å²) in [6, 6.07) is 0.303. The van der Waals surface area contributed by atoms with E-state index in [2.05, 4.69) is 32.7 Å². The van der Waals surface area contributed by atoms with E-state index in [1.165, 1.54) is 0 Å². The zero-order chi connectivity index (χ0) is 8.36. The van der Waals surface area contributed by atoms with E-state index in [9.17, 15) is 0 Å². The number of hydrogen-bond donors (Lipinski definition) is 2. The van der Waals surface area contributed by atoms with Gasteiger partial charge in [0, 0.05) is 5.41 Å². The van der Waals surface area contributed by atoms with Crippen LogP contribution in [0.1, 0.15) is 34.6 Å². The van der Waals surface area contributed by atoms with Gasteiger partial charge in [0.15, 0.2) is 6.04 Å². The normalized spacial score (nSPS) is 17.1. The van der Waals surface area contributed by atoms with Crippen LogP contribution in [-0.4, -0.2) is 17.0 Å². The monoisotopic (exact) mass is 144 g/mol. The Kier molecular flexibility index (Phi) is 2.88. The third kappa shape index (κ3) is 3.49. The van der Waals surface area contributed by atoms with Gasteiger partial charge in [0.2, 0.25) is 0 Å². The van der Waals surface area contributed by atoms with Crippen LogP contribution >= 0.6 is 0 Å². The molecule has 0 rings (SSSR count). The highest BCUT2D eigenvalue weighted by Gasteiger charge is 2.23. The average molecular weight is 144 g/mol. The minimum Gasteiger partial charge on any atom is -0.464 e. The Labute approximate surface area is 63.0 Å². The molecule has 0 aliphatic rings. The molecule has 0 aromatic carbocycles. The Morgan fingerprint density at radius 3 is 1.90 bits per heavy atom. The molecular weight excluding hydrogens is 126 g/mol. The number of aliphatic hydroxyl groups excluding tert-OH is 1. The van der Waals surface area contributed by atoms with Crippen molar-refractivity contribution in [3.8, 4) is 0 Å². The van der Waals surface area contributed by atoms with Crippen LogP contribution in [0.2, 0.25) is 0 Å². The first kappa shape index (κ1) is 9.47. The lowest BCUT2D eigenvalue weighted by Gasteiger charge is -2.18. The second-order valence-electron chi connectivity index (χ2n) is 3.82. The third-order valence-corrected chi connectivity index (χ3v) is 1.72. The van der Waals surface area contributed by atoms with Gasteiger partial charge in [0.1, 0.15) is 0 Å². The van der Waals surface area contributed by atoms with Gasteiger partial charge >= 0.3 is 5.90 Å².